The Morgan fingerprint density at radius 3 is 2.62 bits per heavy atom. The first-order valence-electron chi connectivity index (χ1n) is 6.20. The number of nitrogens with zero attached hydrogens (tertiary/aromatic N) is 3. The van der Waals surface area contributed by atoms with E-state index in [0.717, 1.165) is 0 Å². The van der Waals surface area contributed by atoms with Crippen molar-refractivity contribution >= 4 is 23.0 Å². The molecule has 2 N–H and O–H groups in total. The van der Waals surface area contributed by atoms with Crippen LogP contribution in [-0.4, -0.2) is 27.7 Å². The van der Waals surface area contributed by atoms with Crippen molar-refractivity contribution < 1.29 is 9.72 Å². The molecule has 2 aromatic rings. The third-order valence-corrected chi connectivity index (χ3v) is 2.99. The summed E-state index contributed by atoms with van der Waals surface area (Å²) in [6.45, 7) is 1.78. The van der Waals surface area contributed by atoms with Crippen molar-refractivity contribution in [2.24, 2.45) is 7.05 Å². The van der Waals surface area contributed by atoms with Crippen LogP contribution in [-0.2, 0) is 7.05 Å². The number of amides is 1. The predicted octanol–water partition coefficient (Wildman–Crippen LogP) is 1.93. The first-order valence-corrected chi connectivity index (χ1v) is 6.20. The molecule has 0 aliphatic rings. The molecule has 1 aromatic carbocycles. The topological polar surface area (TPSA) is 102 Å². The van der Waals surface area contributed by atoms with E-state index in [9.17, 15) is 14.9 Å². The molecule has 2 rings (SSSR count). The highest BCUT2D eigenvalue weighted by atomic mass is 16.6. The average molecular weight is 289 g/mol. The maximum Gasteiger partial charge on any atom is 0.292 e. The fraction of sp³-hybridized carbons (Fsp3) is 0.231. The molecular weight excluding hydrogens is 274 g/mol. The van der Waals surface area contributed by atoms with E-state index in [0.29, 0.717) is 16.9 Å². The normalized spacial score (nSPS) is 10.2. The molecule has 0 atom stereocenters. The molecule has 1 amide bonds. The van der Waals surface area contributed by atoms with Gasteiger partial charge in [-0.15, -0.1) is 0 Å². The highest BCUT2D eigenvalue weighted by Gasteiger charge is 2.16. The van der Waals surface area contributed by atoms with Crippen LogP contribution < -0.4 is 10.6 Å². The number of aryl methyl sites for hydroxylation is 2. The minimum atomic E-state index is -0.501. The molecule has 0 fully saturated rings. The van der Waals surface area contributed by atoms with Crippen molar-refractivity contribution in [3.8, 4) is 0 Å². The van der Waals surface area contributed by atoms with E-state index in [4.69, 9.17) is 0 Å². The molecule has 1 heterocycles. The van der Waals surface area contributed by atoms with Crippen molar-refractivity contribution in [3.05, 3.63) is 45.8 Å². The Hall–Kier alpha value is -2.90. The van der Waals surface area contributed by atoms with E-state index in [1.165, 1.54) is 18.2 Å². The summed E-state index contributed by atoms with van der Waals surface area (Å²) in [5, 5.41) is 20.4. The molecule has 0 spiro atoms. The number of carbonyl (C=O) groups excluding carboxylic acids is 1. The lowest BCUT2D eigenvalue weighted by Crippen LogP contribution is -2.12. The average Bonchev–Trinajstić information content (AvgIpc) is 2.75. The van der Waals surface area contributed by atoms with Crippen molar-refractivity contribution in [3.63, 3.8) is 0 Å². The second-order valence-electron chi connectivity index (χ2n) is 4.50. The van der Waals surface area contributed by atoms with Gasteiger partial charge in [-0.1, -0.05) is 0 Å². The van der Waals surface area contributed by atoms with Crippen LogP contribution in [0.3, 0.4) is 0 Å². The Balaban J connectivity index is 2.27. The zero-order chi connectivity index (χ0) is 15.6. The van der Waals surface area contributed by atoms with Crippen LogP contribution in [0.1, 0.15) is 16.1 Å². The van der Waals surface area contributed by atoms with Crippen LogP contribution in [0, 0.1) is 17.0 Å². The molecular formula is C13H15N5O3. The van der Waals surface area contributed by atoms with Crippen LogP contribution >= 0.6 is 0 Å². The lowest BCUT2D eigenvalue weighted by atomic mass is 10.1. The zero-order valence-electron chi connectivity index (χ0n) is 11.9. The SMILES string of the molecule is CNc1cc(C(=O)Nc2cn(C)nc2C)ccc1[N+](=O)[O-]. The van der Waals surface area contributed by atoms with E-state index in [1.807, 2.05) is 0 Å². The van der Waals surface area contributed by atoms with Gasteiger partial charge in [0.05, 0.1) is 16.3 Å². The van der Waals surface area contributed by atoms with Gasteiger partial charge < -0.3 is 10.6 Å². The highest BCUT2D eigenvalue weighted by Crippen LogP contribution is 2.25. The van der Waals surface area contributed by atoms with E-state index < -0.39 is 4.92 Å². The quantitative estimate of drug-likeness (QED) is 0.661. The maximum atomic E-state index is 12.2. The van der Waals surface area contributed by atoms with Crippen LogP contribution in [0.2, 0.25) is 0 Å². The van der Waals surface area contributed by atoms with Gasteiger partial charge in [-0.3, -0.25) is 19.6 Å². The van der Waals surface area contributed by atoms with Gasteiger partial charge >= 0.3 is 0 Å². The largest absolute Gasteiger partial charge is 0.383 e. The summed E-state index contributed by atoms with van der Waals surface area (Å²) in [6, 6.07) is 4.16. The molecule has 0 saturated heterocycles. The fourth-order valence-corrected chi connectivity index (χ4v) is 1.95. The molecule has 8 nitrogen and oxygen atoms in total. The number of hydrogen-bond donors (Lipinski definition) is 2. The van der Waals surface area contributed by atoms with Gasteiger partial charge in [0.1, 0.15) is 5.69 Å². The molecule has 110 valence electrons. The minimum absolute atomic E-state index is 0.0772. The van der Waals surface area contributed by atoms with Crippen molar-refractivity contribution in [2.45, 2.75) is 6.92 Å². The summed E-state index contributed by atoms with van der Waals surface area (Å²) in [5.74, 6) is -0.350. The summed E-state index contributed by atoms with van der Waals surface area (Å²) >= 11 is 0. The Kier molecular flexibility index (Phi) is 3.88. The lowest BCUT2D eigenvalue weighted by molar-refractivity contribution is -0.383. The van der Waals surface area contributed by atoms with Gasteiger partial charge in [-0.25, -0.2) is 0 Å². The summed E-state index contributed by atoms with van der Waals surface area (Å²) in [4.78, 5) is 22.5. The number of carbonyl (C=O) groups is 1. The van der Waals surface area contributed by atoms with Crippen LogP contribution in [0.4, 0.5) is 17.1 Å². The van der Waals surface area contributed by atoms with Gasteiger partial charge in [-0.05, 0) is 19.1 Å². The summed E-state index contributed by atoms with van der Waals surface area (Å²) < 4.78 is 1.60. The number of nitrogens with one attached hydrogen (secondary N) is 2. The van der Waals surface area contributed by atoms with Crippen molar-refractivity contribution in [1.82, 2.24) is 9.78 Å². The number of hydrogen-bond acceptors (Lipinski definition) is 5. The molecule has 1 aromatic heterocycles. The first kappa shape index (κ1) is 14.5. The minimum Gasteiger partial charge on any atom is -0.383 e. The maximum absolute atomic E-state index is 12.2. The highest BCUT2D eigenvalue weighted by molar-refractivity contribution is 6.05. The van der Waals surface area contributed by atoms with Gasteiger partial charge in [0.25, 0.3) is 11.6 Å². The molecule has 0 aliphatic heterocycles. The molecule has 0 bridgehead atoms. The standard InChI is InChI=1S/C13H15N5O3/c1-8-11(7-17(3)16-8)15-13(19)9-4-5-12(18(20)21)10(6-9)14-2/h4-7,14H,1-3H3,(H,15,19). The fourth-order valence-electron chi connectivity index (χ4n) is 1.95. The van der Waals surface area contributed by atoms with E-state index in [-0.39, 0.29) is 17.3 Å². The van der Waals surface area contributed by atoms with Gasteiger partial charge in [0, 0.05) is 31.9 Å². The van der Waals surface area contributed by atoms with Crippen LogP contribution in [0.15, 0.2) is 24.4 Å². The van der Waals surface area contributed by atoms with E-state index >= 15 is 0 Å². The monoisotopic (exact) mass is 289 g/mol. The Morgan fingerprint density at radius 1 is 1.38 bits per heavy atom. The second-order valence-corrected chi connectivity index (χ2v) is 4.50. The summed E-state index contributed by atoms with van der Waals surface area (Å²) in [5.41, 5.74) is 1.84. The molecule has 0 saturated carbocycles. The van der Waals surface area contributed by atoms with Gasteiger partial charge in [0.2, 0.25) is 0 Å². The molecule has 0 radical (unpaired) electrons. The van der Waals surface area contributed by atoms with E-state index in [1.54, 1.807) is 31.9 Å². The zero-order valence-corrected chi connectivity index (χ0v) is 11.9. The Labute approximate surface area is 120 Å². The van der Waals surface area contributed by atoms with Crippen LogP contribution in [0.5, 0.6) is 0 Å². The molecule has 8 heteroatoms. The van der Waals surface area contributed by atoms with Crippen molar-refractivity contribution in [2.75, 3.05) is 17.7 Å². The Morgan fingerprint density at radius 2 is 2.10 bits per heavy atom. The third-order valence-electron chi connectivity index (χ3n) is 2.99. The predicted molar refractivity (Wildman–Crippen MR) is 78.5 cm³/mol. The number of rotatable bonds is 4. The number of anilines is 2. The number of nitro groups is 1. The Bertz CT molecular complexity index is 708. The van der Waals surface area contributed by atoms with Crippen LogP contribution in [0.25, 0.3) is 0 Å². The summed E-state index contributed by atoms with van der Waals surface area (Å²) in [7, 11) is 3.32. The summed E-state index contributed by atoms with van der Waals surface area (Å²) in [6.07, 6.45) is 1.69. The molecule has 0 unspecified atom stereocenters. The lowest BCUT2D eigenvalue weighted by Gasteiger charge is -2.06. The number of aromatic nitrogens is 2. The smallest absolute Gasteiger partial charge is 0.292 e. The van der Waals surface area contributed by atoms with Crippen molar-refractivity contribution in [1.29, 1.82) is 0 Å². The van der Waals surface area contributed by atoms with E-state index in [2.05, 4.69) is 15.7 Å². The second kappa shape index (κ2) is 5.61. The molecule has 21 heavy (non-hydrogen) atoms. The van der Waals surface area contributed by atoms with Gasteiger partial charge in [-0.2, -0.15) is 5.10 Å². The number of nitro benzene ring substituents is 1. The number of benzene rings is 1. The van der Waals surface area contributed by atoms with Gasteiger partial charge in [0.15, 0.2) is 0 Å². The first-order chi connectivity index (χ1) is 9.92. The third kappa shape index (κ3) is 2.99. The molecule has 0 aliphatic carbocycles.